The van der Waals surface area contributed by atoms with Gasteiger partial charge in [-0.3, -0.25) is 9.59 Å². The zero-order chi connectivity index (χ0) is 14.3. The molecule has 0 fully saturated rings. The van der Waals surface area contributed by atoms with Crippen molar-refractivity contribution in [2.45, 2.75) is 20.8 Å². The quantitative estimate of drug-likeness (QED) is 0.759. The zero-order valence-corrected chi connectivity index (χ0v) is 10.9. The molecule has 2 N–H and O–H groups in total. The summed E-state index contributed by atoms with van der Waals surface area (Å²) in [5.74, 6) is -1.46. The molecule has 0 amide bonds. The number of carbonyl (C=O) groups excluding carboxylic acids is 2. The van der Waals surface area contributed by atoms with Gasteiger partial charge in [0.15, 0.2) is 11.6 Å². The zero-order valence-electron chi connectivity index (χ0n) is 10.9. The second-order valence-electron chi connectivity index (χ2n) is 4.77. The van der Waals surface area contributed by atoms with Crippen LogP contribution in [0, 0.1) is 0 Å². The molecular formula is C15H14O4. The first-order valence-electron chi connectivity index (χ1n) is 5.84. The summed E-state index contributed by atoms with van der Waals surface area (Å²) in [7, 11) is 0. The van der Waals surface area contributed by atoms with E-state index in [1.54, 1.807) is 13.0 Å². The summed E-state index contributed by atoms with van der Waals surface area (Å²) >= 11 is 0. The maximum atomic E-state index is 12.4. The van der Waals surface area contributed by atoms with Crippen LogP contribution < -0.4 is 0 Å². The Labute approximate surface area is 110 Å². The van der Waals surface area contributed by atoms with Gasteiger partial charge in [-0.15, -0.1) is 0 Å². The Morgan fingerprint density at radius 2 is 1.47 bits per heavy atom. The lowest BCUT2D eigenvalue weighted by Crippen LogP contribution is -2.20. The molecule has 0 saturated heterocycles. The van der Waals surface area contributed by atoms with E-state index in [4.69, 9.17) is 0 Å². The molecule has 0 spiro atoms. The molecule has 4 nitrogen and oxygen atoms in total. The number of phenols is 2. The van der Waals surface area contributed by atoms with Crippen molar-refractivity contribution in [1.82, 2.24) is 0 Å². The van der Waals surface area contributed by atoms with Crippen LogP contribution >= 0.6 is 0 Å². The standard InChI is InChI=1S/C15H14O4/c1-7(2)6-9-8(3)14(18)12-10(16)4-5-11(17)13(12)15(9)19/h4-6,16-17H,1-3H3. The van der Waals surface area contributed by atoms with Crippen molar-refractivity contribution in [2.24, 2.45) is 0 Å². The SMILES string of the molecule is CC(C)=CC1=C(C)C(=O)c2c(O)ccc(O)c2C1=O. The highest BCUT2D eigenvalue weighted by Crippen LogP contribution is 2.37. The van der Waals surface area contributed by atoms with E-state index in [9.17, 15) is 19.8 Å². The molecule has 0 atom stereocenters. The van der Waals surface area contributed by atoms with E-state index in [1.807, 2.05) is 13.8 Å². The van der Waals surface area contributed by atoms with Crippen LogP contribution in [0.15, 0.2) is 34.9 Å². The number of ketones is 2. The van der Waals surface area contributed by atoms with Crippen LogP contribution in [-0.2, 0) is 0 Å². The lowest BCUT2D eigenvalue weighted by Gasteiger charge is -2.19. The largest absolute Gasteiger partial charge is 0.507 e. The average molecular weight is 258 g/mol. The fourth-order valence-electron chi connectivity index (χ4n) is 2.12. The number of aromatic hydroxyl groups is 2. The number of rotatable bonds is 1. The van der Waals surface area contributed by atoms with E-state index in [1.165, 1.54) is 12.1 Å². The maximum absolute atomic E-state index is 12.4. The van der Waals surface area contributed by atoms with Gasteiger partial charge >= 0.3 is 0 Å². The van der Waals surface area contributed by atoms with E-state index in [0.29, 0.717) is 0 Å². The normalized spacial score (nSPS) is 14.5. The number of carbonyl (C=O) groups is 2. The Hall–Kier alpha value is -2.36. The third-order valence-electron chi connectivity index (χ3n) is 3.04. The topological polar surface area (TPSA) is 74.6 Å². The van der Waals surface area contributed by atoms with Gasteiger partial charge in [0.25, 0.3) is 0 Å². The first kappa shape index (κ1) is 13.1. The Balaban J connectivity index is 2.79. The van der Waals surface area contributed by atoms with Crippen molar-refractivity contribution in [3.8, 4) is 11.5 Å². The second kappa shape index (κ2) is 4.39. The van der Waals surface area contributed by atoms with E-state index in [0.717, 1.165) is 5.57 Å². The molecule has 0 saturated carbocycles. The van der Waals surface area contributed by atoms with Gasteiger partial charge in [-0.05, 0) is 32.9 Å². The molecule has 1 aromatic carbocycles. The van der Waals surface area contributed by atoms with Gasteiger partial charge < -0.3 is 10.2 Å². The Morgan fingerprint density at radius 3 is 1.95 bits per heavy atom. The first-order chi connectivity index (χ1) is 8.84. The number of hydrogen-bond acceptors (Lipinski definition) is 4. The molecule has 1 aliphatic rings. The van der Waals surface area contributed by atoms with Crippen molar-refractivity contribution in [1.29, 1.82) is 0 Å². The second-order valence-corrected chi connectivity index (χ2v) is 4.77. The van der Waals surface area contributed by atoms with E-state index in [-0.39, 0.29) is 33.8 Å². The molecule has 1 aromatic rings. The predicted octanol–water partition coefficient (Wildman–Crippen LogP) is 2.76. The van der Waals surface area contributed by atoms with Gasteiger partial charge in [-0.25, -0.2) is 0 Å². The predicted molar refractivity (Wildman–Crippen MR) is 70.6 cm³/mol. The summed E-state index contributed by atoms with van der Waals surface area (Å²) in [5.41, 5.74) is 1.17. The van der Waals surface area contributed by atoms with Crippen LogP contribution in [0.1, 0.15) is 41.5 Å². The highest BCUT2D eigenvalue weighted by atomic mass is 16.3. The molecule has 98 valence electrons. The molecule has 19 heavy (non-hydrogen) atoms. The molecule has 0 radical (unpaired) electrons. The monoisotopic (exact) mass is 258 g/mol. The first-order valence-corrected chi connectivity index (χ1v) is 5.84. The molecule has 0 heterocycles. The number of allylic oxidation sites excluding steroid dienone is 4. The minimum Gasteiger partial charge on any atom is -0.507 e. The van der Waals surface area contributed by atoms with Crippen LogP contribution in [0.2, 0.25) is 0 Å². The van der Waals surface area contributed by atoms with Gasteiger partial charge in [0, 0.05) is 11.1 Å². The van der Waals surface area contributed by atoms with Gasteiger partial charge in [-0.1, -0.05) is 11.6 Å². The fraction of sp³-hybridized carbons (Fsp3) is 0.200. The summed E-state index contributed by atoms with van der Waals surface area (Å²) in [4.78, 5) is 24.6. The average Bonchev–Trinajstić information content (AvgIpc) is 2.34. The number of benzene rings is 1. The van der Waals surface area contributed by atoms with Crippen molar-refractivity contribution < 1.29 is 19.8 Å². The number of fused-ring (bicyclic) bond motifs is 1. The number of Topliss-reactive ketones (excluding diaryl/α,β-unsaturated/α-hetero) is 2. The minimum atomic E-state index is -0.443. The van der Waals surface area contributed by atoms with Crippen molar-refractivity contribution >= 4 is 11.6 Å². The van der Waals surface area contributed by atoms with E-state index < -0.39 is 11.6 Å². The van der Waals surface area contributed by atoms with Crippen LogP contribution in [0.4, 0.5) is 0 Å². The summed E-state index contributed by atoms with van der Waals surface area (Å²) in [5, 5.41) is 19.5. The minimum absolute atomic E-state index is 0.117. The van der Waals surface area contributed by atoms with Gasteiger partial charge in [0.05, 0.1) is 11.1 Å². The summed E-state index contributed by atoms with van der Waals surface area (Å²) in [6.07, 6.45) is 1.61. The van der Waals surface area contributed by atoms with Gasteiger partial charge in [-0.2, -0.15) is 0 Å². The molecular weight excluding hydrogens is 244 g/mol. The molecule has 0 aromatic heterocycles. The maximum Gasteiger partial charge on any atom is 0.198 e. The molecule has 2 rings (SSSR count). The third kappa shape index (κ3) is 1.95. The van der Waals surface area contributed by atoms with E-state index >= 15 is 0 Å². The third-order valence-corrected chi connectivity index (χ3v) is 3.04. The molecule has 4 heteroatoms. The molecule has 1 aliphatic carbocycles. The molecule has 0 unspecified atom stereocenters. The van der Waals surface area contributed by atoms with Crippen molar-refractivity contribution in [3.05, 3.63) is 46.1 Å². The van der Waals surface area contributed by atoms with Gasteiger partial charge in [0.2, 0.25) is 0 Å². The highest BCUT2D eigenvalue weighted by Gasteiger charge is 2.33. The van der Waals surface area contributed by atoms with Crippen molar-refractivity contribution in [2.75, 3.05) is 0 Å². The van der Waals surface area contributed by atoms with Crippen LogP contribution in [0.3, 0.4) is 0 Å². The van der Waals surface area contributed by atoms with Gasteiger partial charge in [0.1, 0.15) is 11.5 Å². The lowest BCUT2D eigenvalue weighted by molar-refractivity contribution is 0.0973. The Kier molecular flexibility index (Phi) is 3.02. The van der Waals surface area contributed by atoms with Crippen molar-refractivity contribution in [3.63, 3.8) is 0 Å². The summed E-state index contributed by atoms with van der Waals surface area (Å²) in [6.45, 7) is 5.17. The highest BCUT2D eigenvalue weighted by molar-refractivity contribution is 6.29. The molecule has 0 aliphatic heterocycles. The lowest BCUT2D eigenvalue weighted by atomic mass is 9.83. The molecule has 0 bridgehead atoms. The Morgan fingerprint density at radius 1 is 1.00 bits per heavy atom. The summed E-state index contributed by atoms with van der Waals surface area (Å²) < 4.78 is 0. The number of hydrogen-bond donors (Lipinski definition) is 2. The van der Waals surface area contributed by atoms with Crippen LogP contribution in [0.25, 0.3) is 0 Å². The Bertz CT molecular complexity index is 659. The number of phenolic OH excluding ortho intramolecular Hbond substituents is 2. The van der Waals surface area contributed by atoms with Crippen LogP contribution in [0.5, 0.6) is 11.5 Å². The smallest absolute Gasteiger partial charge is 0.198 e. The van der Waals surface area contributed by atoms with E-state index in [2.05, 4.69) is 0 Å². The summed E-state index contributed by atoms with van der Waals surface area (Å²) in [6, 6.07) is 2.42. The fourth-order valence-corrected chi connectivity index (χ4v) is 2.12. The van der Waals surface area contributed by atoms with Crippen LogP contribution in [-0.4, -0.2) is 21.8 Å².